The van der Waals surface area contributed by atoms with Crippen LogP contribution in [0.3, 0.4) is 0 Å². The van der Waals surface area contributed by atoms with E-state index >= 15 is 0 Å². The van der Waals surface area contributed by atoms with E-state index < -0.39 is 0 Å². The maximum atomic E-state index is 14.4. The summed E-state index contributed by atoms with van der Waals surface area (Å²) in [7, 11) is 0. The largest absolute Gasteiger partial charge is 0.389 e. The summed E-state index contributed by atoms with van der Waals surface area (Å²) in [6.45, 7) is 3.77. The van der Waals surface area contributed by atoms with Gasteiger partial charge in [-0.15, -0.1) is 0 Å². The van der Waals surface area contributed by atoms with Gasteiger partial charge in [0.15, 0.2) is 5.82 Å². The number of nitrogens with two attached hydrogens (primary N) is 1. The van der Waals surface area contributed by atoms with E-state index in [9.17, 15) is 4.39 Å². The Kier molecular flexibility index (Phi) is 4.79. The second kappa shape index (κ2) is 6.18. The van der Waals surface area contributed by atoms with E-state index in [0.717, 1.165) is 13.1 Å². The molecule has 0 unspecified atom stereocenters. The second-order valence-corrected chi connectivity index (χ2v) is 6.19. The smallest absolute Gasteiger partial charge is 0.161 e. The van der Waals surface area contributed by atoms with Crippen LogP contribution < -0.4 is 10.6 Å². The Bertz CT molecular complexity index is 489. The highest BCUT2D eigenvalue weighted by Gasteiger charge is 2.23. The van der Waals surface area contributed by atoms with E-state index in [4.69, 9.17) is 18.0 Å². The third-order valence-corrected chi connectivity index (χ3v) is 4.75. The number of halogens is 2. The summed E-state index contributed by atoms with van der Waals surface area (Å²) in [4.78, 5) is 2.30. The summed E-state index contributed by atoms with van der Waals surface area (Å²) >= 11 is 8.17. The normalized spacial score (nSPS) is 15.1. The molecule has 0 heterocycles. The van der Waals surface area contributed by atoms with Crippen molar-refractivity contribution in [3.8, 4) is 0 Å². The van der Waals surface area contributed by atoms with Crippen LogP contribution in [0.4, 0.5) is 10.1 Å². The molecule has 0 spiro atoms. The lowest BCUT2D eigenvalue weighted by Crippen LogP contribution is -2.33. The van der Waals surface area contributed by atoms with Crippen molar-refractivity contribution in [1.29, 1.82) is 0 Å². The molecule has 2 N–H and O–H groups in total. The van der Waals surface area contributed by atoms with E-state index in [1.165, 1.54) is 19.3 Å². The minimum Gasteiger partial charge on any atom is -0.389 e. The monoisotopic (exact) mass is 344 g/mol. The minimum atomic E-state index is -0.272. The number of benzene rings is 1. The van der Waals surface area contributed by atoms with E-state index in [-0.39, 0.29) is 10.8 Å². The van der Waals surface area contributed by atoms with Crippen molar-refractivity contribution in [2.45, 2.75) is 26.2 Å². The fraction of sp³-hybridized carbons (Fsp3) is 0.500. The van der Waals surface area contributed by atoms with Crippen LogP contribution in [0.15, 0.2) is 16.6 Å². The zero-order valence-electron chi connectivity index (χ0n) is 11.0. The first-order valence-electron chi connectivity index (χ1n) is 6.57. The van der Waals surface area contributed by atoms with Crippen LogP contribution >= 0.6 is 28.1 Å². The van der Waals surface area contributed by atoms with Crippen molar-refractivity contribution < 1.29 is 4.39 Å². The molecule has 0 bridgehead atoms. The summed E-state index contributed by atoms with van der Waals surface area (Å²) in [5.74, 6) is 0.430. The standard InChI is InChI=1S/C14H18BrFN2S/c1-2-18(8-9-4-3-5-9)11-7-6-10(14(17)19)12(15)13(11)16/h6-7,9H,2-5,8H2,1H3,(H2,17,19). The van der Waals surface area contributed by atoms with Gasteiger partial charge < -0.3 is 10.6 Å². The molecule has 5 heteroatoms. The van der Waals surface area contributed by atoms with Crippen molar-refractivity contribution in [2.75, 3.05) is 18.0 Å². The van der Waals surface area contributed by atoms with Gasteiger partial charge in [0.2, 0.25) is 0 Å². The third kappa shape index (κ3) is 3.08. The van der Waals surface area contributed by atoms with Crippen molar-refractivity contribution in [3.63, 3.8) is 0 Å². The average Bonchev–Trinajstić information content (AvgIpc) is 2.32. The molecule has 2 nitrogen and oxygen atoms in total. The van der Waals surface area contributed by atoms with Crippen molar-refractivity contribution in [2.24, 2.45) is 11.7 Å². The first-order chi connectivity index (χ1) is 9.04. The number of thiocarbonyl (C=S) groups is 1. The predicted molar refractivity (Wildman–Crippen MR) is 85.2 cm³/mol. The van der Waals surface area contributed by atoms with E-state index in [1.807, 2.05) is 6.92 Å². The molecule has 0 aliphatic heterocycles. The zero-order valence-corrected chi connectivity index (χ0v) is 13.4. The summed E-state index contributed by atoms with van der Waals surface area (Å²) in [5, 5.41) is 0. The minimum absolute atomic E-state index is 0.208. The summed E-state index contributed by atoms with van der Waals surface area (Å²) in [5.41, 5.74) is 6.75. The molecule has 0 aromatic heterocycles. The maximum absolute atomic E-state index is 14.4. The molecule has 1 aliphatic rings. The SMILES string of the molecule is CCN(CC1CCC1)c1ccc(C(N)=S)c(Br)c1F. The molecule has 2 rings (SSSR count). The lowest BCUT2D eigenvalue weighted by molar-refractivity contribution is 0.318. The van der Waals surface area contributed by atoms with Crippen LogP contribution in [0.2, 0.25) is 0 Å². The molecule has 0 radical (unpaired) electrons. The van der Waals surface area contributed by atoms with Crippen LogP contribution in [0.1, 0.15) is 31.7 Å². The number of nitrogens with zero attached hydrogens (tertiary/aromatic N) is 1. The van der Waals surface area contributed by atoms with Crippen molar-refractivity contribution in [1.82, 2.24) is 0 Å². The maximum Gasteiger partial charge on any atom is 0.161 e. The molecular formula is C14H18BrFN2S. The van der Waals surface area contributed by atoms with Gasteiger partial charge in [-0.25, -0.2) is 4.39 Å². The first-order valence-corrected chi connectivity index (χ1v) is 7.77. The fourth-order valence-corrected chi connectivity index (χ4v) is 3.21. The molecule has 1 fully saturated rings. The highest BCUT2D eigenvalue weighted by Crippen LogP contribution is 2.33. The molecule has 0 saturated heterocycles. The average molecular weight is 345 g/mol. The quantitative estimate of drug-likeness (QED) is 0.822. The van der Waals surface area contributed by atoms with E-state index in [1.54, 1.807) is 12.1 Å². The lowest BCUT2D eigenvalue weighted by Gasteiger charge is -2.33. The molecule has 104 valence electrons. The molecule has 1 aromatic carbocycles. The van der Waals surface area contributed by atoms with E-state index in [2.05, 4.69) is 20.8 Å². The van der Waals surface area contributed by atoms with Gasteiger partial charge in [-0.2, -0.15) is 0 Å². The molecular weight excluding hydrogens is 327 g/mol. The number of anilines is 1. The number of rotatable bonds is 5. The van der Waals surface area contributed by atoms with Crippen LogP contribution in [-0.4, -0.2) is 18.1 Å². The predicted octanol–water partition coefficient (Wildman–Crippen LogP) is 3.85. The van der Waals surface area contributed by atoms with Gasteiger partial charge in [-0.1, -0.05) is 18.6 Å². The molecule has 1 aliphatic carbocycles. The Morgan fingerprint density at radius 1 is 1.53 bits per heavy atom. The second-order valence-electron chi connectivity index (χ2n) is 4.96. The van der Waals surface area contributed by atoms with Gasteiger partial charge >= 0.3 is 0 Å². The van der Waals surface area contributed by atoms with Crippen LogP contribution in [0, 0.1) is 11.7 Å². The van der Waals surface area contributed by atoms with Gasteiger partial charge in [0.1, 0.15) is 4.99 Å². The highest BCUT2D eigenvalue weighted by atomic mass is 79.9. The van der Waals surface area contributed by atoms with Gasteiger partial charge in [0.25, 0.3) is 0 Å². The van der Waals surface area contributed by atoms with Gasteiger partial charge in [0.05, 0.1) is 10.2 Å². The Hall–Kier alpha value is -0.680. The Labute approximate surface area is 127 Å². The van der Waals surface area contributed by atoms with Gasteiger partial charge in [-0.05, 0) is 53.7 Å². The van der Waals surface area contributed by atoms with Crippen LogP contribution in [-0.2, 0) is 0 Å². The lowest BCUT2D eigenvalue weighted by atomic mass is 9.85. The first kappa shape index (κ1) is 14.7. The number of hydrogen-bond donors (Lipinski definition) is 1. The van der Waals surface area contributed by atoms with E-state index in [0.29, 0.717) is 21.6 Å². The summed E-state index contributed by atoms with van der Waals surface area (Å²) in [6, 6.07) is 3.56. The fourth-order valence-electron chi connectivity index (χ4n) is 2.36. The zero-order chi connectivity index (χ0) is 14.0. The Morgan fingerprint density at radius 2 is 2.21 bits per heavy atom. The van der Waals surface area contributed by atoms with Gasteiger partial charge in [0, 0.05) is 18.7 Å². The Morgan fingerprint density at radius 3 is 2.68 bits per heavy atom. The third-order valence-electron chi connectivity index (χ3n) is 3.75. The van der Waals surface area contributed by atoms with Crippen molar-refractivity contribution in [3.05, 3.63) is 28.0 Å². The molecule has 1 aromatic rings. The van der Waals surface area contributed by atoms with Gasteiger partial charge in [-0.3, -0.25) is 0 Å². The molecule has 0 amide bonds. The Balaban J connectivity index is 2.27. The van der Waals surface area contributed by atoms with Crippen LogP contribution in [0.5, 0.6) is 0 Å². The van der Waals surface area contributed by atoms with Crippen molar-refractivity contribution >= 4 is 38.8 Å². The number of hydrogen-bond acceptors (Lipinski definition) is 2. The summed E-state index contributed by atoms with van der Waals surface area (Å²) in [6.07, 6.45) is 3.81. The molecule has 0 atom stereocenters. The molecule has 19 heavy (non-hydrogen) atoms. The summed E-state index contributed by atoms with van der Waals surface area (Å²) < 4.78 is 14.8. The van der Waals surface area contributed by atoms with Crippen LogP contribution in [0.25, 0.3) is 0 Å². The highest BCUT2D eigenvalue weighted by molar-refractivity contribution is 9.10. The topological polar surface area (TPSA) is 29.3 Å². The molecule has 1 saturated carbocycles.